The third-order valence-electron chi connectivity index (χ3n) is 6.50. The van der Waals surface area contributed by atoms with Crippen LogP contribution in [0, 0.1) is 11.8 Å². The number of methoxy groups -OCH3 is 1. The maximum Gasteiger partial charge on any atom is 0.257 e. The summed E-state index contributed by atoms with van der Waals surface area (Å²) in [6.07, 6.45) is 2.75. The first kappa shape index (κ1) is 24.0. The van der Waals surface area contributed by atoms with Crippen LogP contribution in [0.5, 0.6) is 5.75 Å². The summed E-state index contributed by atoms with van der Waals surface area (Å²) in [6, 6.07) is 4.84. The Bertz CT molecular complexity index is 854. The van der Waals surface area contributed by atoms with Gasteiger partial charge in [0.15, 0.2) is 0 Å². The Labute approximate surface area is 190 Å². The van der Waals surface area contributed by atoms with Gasteiger partial charge in [-0.15, -0.1) is 0 Å². The molecule has 0 unspecified atom stereocenters. The second kappa shape index (κ2) is 10.3. The van der Waals surface area contributed by atoms with Crippen molar-refractivity contribution < 1.29 is 23.9 Å². The van der Waals surface area contributed by atoms with Gasteiger partial charge in [0.1, 0.15) is 12.4 Å². The highest BCUT2D eigenvalue weighted by Crippen LogP contribution is 2.31. The lowest BCUT2D eigenvalue weighted by molar-refractivity contribution is -0.142. The van der Waals surface area contributed by atoms with Gasteiger partial charge >= 0.3 is 0 Å². The number of fused-ring (bicyclic) bond motifs is 1. The van der Waals surface area contributed by atoms with E-state index < -0.39 is 0 Å². The van der Waals surface area contributed by atoms with Gasteiger partial charge in [0.05, 0.1) is 17.7 Å². The number of anilines is 1. The van der Waals surface area contributed by atoms with Crippen LogP contribution >= 0.6 is 0 Å². The van der Waals surface area contributed by atoms with Crippen LogP contribution < -0.4 is 10.1 Å². The molecule has 8 heteroatoms. The van der Waals surface area contributed by atoms with Crippen molar-refractivity contribution in [2.24, 2.45) is 11.8 Å². The molecule has 1 N–H and O–H groups in total. The van der Waals surface area contributed by atoms with E-state index in [4.69, 9.17) is 9.47 Å². The molecular formula is C24H35N3O5. The van der Waals surface area contributed by atoms with Crippen LogP contribution in [0.25, 0.3) is 0 Å². The summed E-state index contributed by atoms with van der Waals surface area (Å²) in [4.78, 5) is 41.4. The number of benzene rings is 1. The Morgan fingerprint density at radius 2 is 1.91 bits per heavy atom. The van der Waals surface area contributed by atoms with Crippen LogP contribution in [0.3, 0.4) is 0 Å². The van der Waals surface area contributed by atoms with Crippen LogP contribution in [-0.2, 0) is 14.3 Å². The molecule has 0 aromatic heterocycles. The first-order valence-electron chi connectivity index (χ1n) is 11.3. The third-order valence-corrected chi connectivity index (χ3v) is 6.50. The fourth-order valence-corrected chi connectivity index (χ4v) is 4.25. The number of amides is 3. The molecule has 3 rings (SSSR count). The van der Waals surface area contributed by atoms with E-state index in [-0.39, 0.29) is 48.3 Å². The Morgan fingerprint density at radius 1 is 1.19 bits per heavy atom. The SMILES string of the molecule is CO[C@@H]1CN(C)C(=O)c2ccc(NC(C)=O)cc2OC[C@H](C)N(C(=O)C2CCC2)C[C@H]1C. The summed E-state index contributed by atoms with van der Waals surface area (Å²) in [5, 5.41) is 2.73. The van der Waals surface area contributed by atoms with Crippen molar-refractivity contribution >= 4 is 23.4 Å². The van der Waals surface area contributed by atoms with Gasteiger partial charge < -0.3 is 24.6 Å². The molecule has 0 spiro atoms. The molecule has 0 saturated heterocycles. The second-order valence-corrected chi connectivity index (χ2v) is 9.11. The maximum absolute atomic E-state index is 13.2. The molecule has 3 atom stereocenters. The van der Waals surface area contributed by atoms with Crippen molar-refractivity contribution in [3.05, 3.63) is 23.8 Å². The van der Waals surface area contributed by atoms with E-state index in [0.29, 0.717) is 30.1 Å². The van der Waals surface area contributed by atoms with Crippen molar-refractivity contribution in [3.63, 3.8) is 0 Å². The average molecular weight is 446 g/mol. The first-order chi connectivity index (χ1) is 15.2. The number of carbonyl (C=O) groups excluding carboxylic acids is 3. The zero-order chi connectivity index (χ0) is 23.4. The predicted molar refractivity (Wildman–Crippen MR) is 122 cm³/mol. The standard InChI is InChI=1S/C24H35N3O5/c1-15-12-27(23(29)18-7-6-8-18)16(2)14-32-21-11-19(25-17(3)28)9-10-20(21)24(30)26(4)13-22(15)31-5/h9-11,15-16,18,22H,6-8,12-14H2,1-5H3,(H,25,28)/t15-,16+,22-/m1/s1. The molecule has 0 bridgehead atoms. The van der Waals surface area contributed by atoms with Crippen molar-refractivity contribution in [1.82, 2.24) is 9.80 Å². The van der Waals surface area contributed by atoms with Gasteiger partial charge in [0.25, 0.3) is 5.91 Å². The predicted octanol–water partition coefficient (Wildman–Crippen LogP) is 2.78. The zero-order valence-electron chi connectivity index (χ0n) is 19.7. The van der Waals surface area contributed by atoms with Crippen molar-refractivity contribution in [2.75, 3.05) is 39.2 Å². The first-order valence-corrected chi connectivity index (χ1v) is 11.3. The summed E-state index contributed by atoms with van der Waals surface area (Å²) in [5.41, 5.74) is 0.964. The number of hydrogen-bond acceptors (Lipinski definition) is 5. The van der Waals surface area contributed by atoms with E-state index in [9.17, 15) is 14.4 Å². The summed E-state index contributed by atoms with van der Waals surface area (Å²) >= 11 is 0. The number of likely N-dealkylation sites (N-methyl/N-ethyl adjacent to an activating group) is 1. The molecule has 0 radical (unpaired) electrons. The monoisotopic (exact) mass is 445 g/mol. The van der Waals surface area contributed by atoms with Crippen LogP contribution in [-0.4, -0.2) is 73.5 Å². The quantitative estimate of drug-likeness (QED) is 0.773. The largest absolute Gasteiger partial charge is 0.491 e. The number of nitrogens with one attached hydrogen (secondary N) is 1. The van der Waals surface area contributed by atoms with Gasteiger partial charge in [-0.3, -0.25) is 14.4 Å². The minimum Gasteiger partial charge on any atom is -0.491 e. The number of nitrogens with zero attached hydrogens (tertiary/aromatic N) is 2. The van der Waals surface area contributed by atoms with Gasteiger partial charge in [-0.05, 0) is 31.9 Å². The molecule has 1 saturated carbocycles. The third kappa shape index (κ3) is 5.41. The Hall–Kier alpha value is -2.61. The van der Waals surface area contributed by atoms with Crippen LogP contribution in [0.15, 0.2) is 18.2 Å². The molecule has 3 amide bonds. The van der Waals surface area contributed by atoms with Crippen molar-refractivity contribution in [3.8, 4) is 5.75 Å². The van der Waals surface area contributed by atoms with E-state index in [0.717, 1.165) is 19.3 Å². The normalized spacial score (nSPS) is 25.0. The van der Waals surface area contributed by atoms with Gasteiger partial charge in [-0.25, -0.2) is 0 Å². The van der Waals surface area contributed by atoms with Gasteiger partial charge in [-0.2, -0.15) is 0 Å². The van der Waals surface area contributed by atoms with Gasteiger partial charge in [0.2, 0.25) is 11.8 Å². The summed E-state index contributed by atoms with van der Waals surface area (Å²) < 4.78 is 11.8. The van der Waals surface area contributed by atoms with E-state index in [2.05, 4.69) is 12.2 Å². The number of ether oxygens (including phenoxy) is 2. The minimum atomic E-state index is -0.213. The molecule has 1 aromatic carbocycles. The lowest BCUT2D eigenvalue weighted by Crippen LogP contribution is -2.51. The van der Waals surface area contributed by atoms with Crippen LogP contribution in [0.1, 0.15) is 50.4 Å². The highest BCUT2D eigenvalue weighted by Gasteiger charge is 2.35. The smallest absolute Gasteiger partial charge is 0.257 e. The lowest BCUT2D eigenvalue weighted by atomic mass is 9.83. The zero-order valence-corrected chi connectivity index (χ0v) is 19.7. The van der Waals surface area contributed by atoms with E-state index in [1.807, 2.05) is 11.8 Å². The summed E-state index contributed by atoms with van der Waals surface area (Å²) in [6.45, 7) is 6.64. The fourth-order valence-electron chi connectivity index (χ4n) is 4.25. The highest BCUT2D eigenvalue weighted by atomic mass is 16.5. The summed E-state index contributed by atoms with van der Waals surface area (Å²) in [5.74, 6) is 0.300. The number of carbonyl (C=O) groups is 3. The minimum absolute atomic E-state index is 0.0442. The maximum atomic E-state index is 13.2. The molecule has 8 nitrogen and oxygen atoms in total. The van der Waals surface area contributed by atoms with Crippen molar-refractivity contribution in [1.29, 1.82) is 0 Å². The molecule has 2 aliphatic rings. The Kier molecular flexibility index (Phi) is 7.77. The topological polar surface area (TPSA) is 88.2 Å². The molecular weight excluding hydrogens is 410 g/mol. The van der Waals surface area contributed by atoms with E-state index in [1.54, 1.807) is 37.3 Å². The number of hydrogen-bond donors (Lipinski definition) is 1. The van der Waals surface area contributed by atoms with Crippen molar-refractivity contribution in [2.45, 2.75) is 52.2 Å². The van der Waals surface area contributed by atoms with Crippen LogP contribution in [0.2, 0.25) is 0 Å². The summed E-state index contributed by atoms with van der Waals surface area (Å²) in [7, 11) is 3.38. The molecule has 1 heterocycles. The molecule has 176 valence electrons. The van der Waals surface area contributed by atoms with E-state index >= 15 is 0 Å². The van der Waals surface area contributed by atoms with Crippen LogP contribution in [0.4, 0.5) is 5.69 Å². The molecule has 1 aliphatic heterocycles. The molecule has 1 aromatic rings. The van der Waals surface area contributed by atoms with Gasteiger partial charge in [0, 0.05) is 57.8 Å². The lowest BCUT2D eigenvalue weighted by Gasteiger charge is -2.39. The molecule has 32 heavy (non-hydrogen) atoms. The average Bonchev–Trinajstić information content (AvgIpc) is 2.70. The molecule has 1 aliphatic carbocycles. The van der Waals surface area contributed by atoms with Gasteiger partial charge in [-0.1, -0.05) is 13.3 Å². The molecule has 1 fully saturated rings. The highest BCUT2D eigenvalue weighted by molar-refractivity contribution is 5.98. The fraction of sp³-hybridized carbons (Fsp3) is 0.625. The number of rotatable bonds is 3. The Balaban J connectivity index is 1.95. The van der Waals surface area contributed by atoms with E-state index in [1.165, 1.54) is 6.92 Å². The Morgan fingerprint density at radius 3 is 2.50 bits per heavy atom. The second-order valence-electron chi connectivity index (χ2n) is 9.11.